The number of likely N-dealkylation sites (tertiary alicyclic amines) is 1. The average molecular weight is 372 g/mol. The summed E-state index contributed by atoms with van der Waals surface area (Å²) < 4.78 is 11.7. The molecule has 1 aliphatic carbocycles. The molecule has 1 unspecified atom stereocenters. The third-order valence-electron chi connectivity index (χ3n) is 6.04. The minimum atomic E-state index is -0.818. The molecule has 27 heavy (non-hydrogen) atoms. The lowest BCUT2D eigenvalue weighted by Crippen LogP contribution is -2.47. The number of hydrogen-bond acceptors (Lipinski definition) is 4. The number of hydrogen-bond donors (Lipinski definition) is 1. The van der Waals surface area contributed by atoms with Crippen molar-refractivity contribution in [2.24, 2.45) is 0 Å². The van der Waals surface area contributed by atoms with Gasteiger partial charge in [0.05, 0.1) is 13.2 Å². The normalized spacial score (nSPS) is 21.4. The van der Waals surface area contributed by atoms with Crippen LogP contribution >= 0.6 is 0 Å². The molecule has 1 saturated carbocycles. The van der Waals surface area contributed by atoms with E-state index in [2.05, 4.69) is 4.85 Å². The van der Waals surface area contributed by atoms with Crippen LogP contribution in [0.15, 0.2) is 18.2 Å². The van der Waals surface area contributed by atoms with Crippen molar-refractivity contribution in [1.29, 1.82) is 0 Å². The number of ether oxygens (including phenoxy) is 2. The van der Waals surface area contributed by atoms with E-state index in [4.69, 9.17) is 16.0 Å². The first-order valence-corrected chi connectivity index (χ1v) is 9.70. The molecular weight excluding hydrogens is 344 g/mol. The molecule has 0 radical (unpaired) electrons. The maximum atomic E-state index is 11.2. The molecular formula is C21H28N2O4. The molecule has 1 heterocycles. The van der Waals surface area contributed by atoms with Crippen LogP contribution in [0.1, 0.15) is 51.0 Å². The van der Waals surface area contributed by atoms with E-state index in [-0.39, 0.29) is 6.10 Å². The largest absolute Gasteiger partial charge is 0.493 e. The highest BCUT2D eigenvalue weighted by molar-refractivity contribution is 5.72. The zero-order valence-electron chi connectivity index (χ0n) is 16.1. The first kappa shape index (κ1) is 19.5. The van der Waals surface area contributed by atoms with Crippen molar-refractivity contribution in [3.63, 3.8) is 0 Å². The van der Waals surface area contributed by atoms with Gasteiger partial charge in [-0.25, -0.2) is 6.57 Å². The van der Waals surface area contributed by atoms with Crippen LogP contribution in [0.25, 0.3) is 4.85 Å². The van der Waals surface area contributed by atoms with Crippen LogP contribution in [0.2, 0.25) is 0 Å². The number of benzene rings is 1. The van der Waals surface area contributed by atoms with Crippen molar-refractivity contribution < 1.29 is 19.4 Å². The predicted molar refractivity (Wildman–Crippen MR) is 102 cm³/mol. The minimum absolute atomic E-state index is 0.219. The van der Waals surface area contributed by atoms with Gasteiger partial charge in [-0.2, -0.15) is 0 Å². The Morgan fingerprint density at radius 2 is 1.96 bits per heavy atom. The molecule has 1 saturated heterocycles. The minimum Gasteiger partial charge on any atom is -0.493 e. The Kier molecular flexibility index (Phi) is 5.91. The molecule has 1 aromatic rings. The third-order valence-corrected chi connectivity index (χ3v) is 6.04. The van der Waals surface area contributed by atoms with Crippen molar-refractivity contribution in [3.8, 4) is 11.5 Å². The first-order chi connectivity index (χ1) is 13.0. The van der Waals surface area contributed by atoms with E-state index in [0.29, 0.717) is 37.4 Å². The van der Waals surface area contributed by atoms with Crippen LogP contribution in [0.3, 0.4) is 0 Å². The Balaban J connectivity index is 1.81. The summed E-state index contributed by atoms with van der Waals surface area (Å²) in [6.45, 7) is 10.7. The number of methoxy groups -OCH3 is 1. The molecule has 1 N–H and O–H groups in total. The predicted octanol–water partition coefficient (Wildman–Crippen LogP) is 3.70. The summed E-state index contributed by atoms with van der Waals surface area (Å²) in [6, 6.07) is 5.28. The summed E-state index contributed by atoms with van der Waals surface area (Å²) in [7, 11) is 1.63. The van der Waals surface area contributed by atoms with Crippen LogP contribution in [0.4, 0.5) is 0 Å². The van der Waals surface area contributed by atoms with Crippen LogP contribution in [0.5, 0.6) is 11.5 Å². The van der Waals surface area contributed by atoms with Crippen LogP contribution < -0.4 is 9.47 Å². The molecule has 6 nitrogen and oxygen atoms in total. The van der Waals surface area contributed by atoms with E-state index in [1.54, 1.807) is 14.0 Å². The topological polar surface area (TPSA) is 63.4 Å². The summed E-state index contributed by atoms with van der Waals surface area (Å²) in [6.07, 6.45) is 5.95. The number of rotatable bonds is 6. The fourth-order valence-electron chi connectivity index (χ4n) is 4.15. The monoisotopic (exact) mass is 372 g/mol. The molecule has 3 rings (SSSR count). The van der Waals surface area contributed by atoms with Gasteiger partial charge < -0.3 is 19.4 Å². The fraction of sp³-hybridized carbons (Fsp3) is 0.619. The molecule has 1 aliphatic heterocycles. The molecule has 1 aromatic carbocycles. The average Bonchev–Trinajstić information content (AvgIpc) is 3.20. The van der Waals surface area contributed by atoms with E-state index in [9.17, 15) is 9.90 Å². The zero-order chi connectivity index (χ0) is 19.4. The van der Waals surface area contributed by atoms with Crippen molar-refractivity contribution in [1.82, 2.24) is 4.90 Å². The standard InChI is InChI=1S/C21H28N2O4/c1-15(20(24)25)23-12-10-21(22-2,11-13-23)16-8-9-18(26-3)19(14-16)27-17-6-4-5-7-17/h8-9,14-15,17H,4-7,10-13H2,1,3H3,(H,24,25). The molecule has 0 spiro atoms. The number of carboxylic acid groups (broad SMARTS) is 1. The van der Waals surface area contributed by atoms with Crippen molar-refractivity contribution in [3.05, 3.63) is 35.2 Å². The Bertz CT molecular complexity index is 713. The van der Waals surface area contributed by atoms with E-state index in [1.165, 1.54) is 12.8 Å². The van der Waals surface area contributed by atoms with E-state index < -0.39 is 17.6 Å². The zero-order valence-corrected chi connectivity index (χ0v) is 16.1. The smallest absolute Gasteiger partial charge is 0.320 e. The van der Waals surface area contributed by atoms with Gasteiger partial charge in [-0.1, -0.05) is 0 Å². The Labute approximate surface area is 160 Å². The van der Waals surface area contributed by atoms with Crippen LogP contribution in [-0.4, -0.2) is 48.3 Å². The molecule has 146 valence electrons. The quantitative estimate of drug-likeness (QED) is 0.772. The van der Waals surface area contributed by atoms with E-state index in [1.807, 2.05) is 23.1 Å². The molecule has 0 aromatic heterocycles. The summed E-state index contributed by atoms with van der Waals surface area (Å²) in [4.78, 5) is 17.2. The van der Waals surface area contributed by atoms with Gasteiger partial charge in [-0.05, 0) is 50.8 Å². The molecule has 0 bridgehead atoms. The number of carbonyl (C=O) groups is 1. The fourth-order valence-corrected chi connectivity index (χ4v) is 4.15. The lowest BCUT2D eigenvalue weighted by atomic mass is 9.81. The van der Waals surface area contributed by atoms with Gasteiger partial charge in [0, 0.05) is 31.5 Å². The van der Waals surface area contributed by atoms with Crippen molar-refractivity contribution in [2.45, 2.75) is 63.1 Å². The first-order valence-electron chi connectivity index (χ1n) is 9.70. The third kappa shape index (κ3) is 4.03. The Morgan fingerprint density at radius 1 is 1.30 bits per heavy atom. The van der Waals surface area contributed by atoms with Gasteiger partial charge in [-0.3, -0.25) is 9.69 Å². The number of carboxylic acids is 1. The van der Waals surface area contributed by atoms with E-state index in [0.717, 1.165) is 18.4 Å². The maximum Gasteiger partial charge on any atom is 0.320 e. The van der Waals surface area contributed by atoms with Crippen LogP contribution in [0, 0.1) is 6.57 Å². The highest BCUT2D eigenvalue weighted by Gasteiger charge is 2.44. The second-order valence-corrected chi connectivity index (χ2v) is 7.58. The SMILES string of the molecule is [C-]#[N+]C1(c2ccc(OC)c(OC3CCCC3)c2)CCN(C(C)C(=O)O)CC1. The second-order valence-electron chi connectivity index (χ2n) is 7.58. The highest BCUT2D eigenvalue weighted by atomic mass is 16.5. The summed E-state index contributed by atoms with van der Waals surface area (Å²) >= 11 is 0. The Hall–Kier alpha value is -2.26. The van der Waals surface area contributed by atoms with Crippen LogP contribution in [-0.2, 0) is 10.3 Å². The van der Waals surface area contributed by atoms with Gasteiger partial charge in [0.25, 0.3) is 5.54 Å². The van der Waals surface area contributed by atoms with Crippen molar-refractivity contribution in [2.75, 3.05) is 20.2 Å². The maximum absolute atomic E-state index is 11.2. The second kappa shape index (κ2) is 8.18. The van der Waals surface area contributed by atoms with Gasteiger partial charge in [-0.15, -0.1) is 0 Å². The number of nitrogens with zero attached hydrogens (tertiary/aromatic N) is 2. The lowest BCUT2D eigenvalue weighted by molar-refractivity contribution is -0.143. The Morgan fingerprint density at radius 3 is 2.52 bits per heavy atom. The van der Waals surface area contributed by atoms with Gasteiger partial charge in [0.2, 0.25) is 0 Å². The molecule has 2 fully saturated rings. The number of piperidine rings is 1. The van der Waals surface area contributed by atoms with Gasteiger partial charge in [0.1, 0.15) is 6.04 Å². The summed E-state index contributed by atoms with van der Waals surface area (Å²) in [5, 5.41) is 9.24. The lowest BCUT2D eigenvalue weighted by Gasteiger charge is -2.36. The van der Waals surface area contributed by atoms with E-state index >= 15 is 0 Å². The van der Waals surface area contributed by atoms with Gasteiger partial charge >= 0.3 is 5.97 Å². The highest BCUT2D eigenvalue weighted by Crippen LogP contribution is 2.42. The summed E-state index contributed by atoms with van der Waals surface area (Å²) in [5.74, 6) is 0.594. The summed E-state index contributed by atoms with van der Waals surface area (Å²) in [5.41, 5.74) is 0.309. The molecule has 0 amide bonds. The molecule has 1 atom stereocenters. The van der Waals surface area contributed by atoms with Crippen molar-refractivity contribution >= 4 is 5.97 Å². The molecule has 6 heteroatoms. The van der Waals surface area contributed by atoms with Gasteiger partial charge in [0.15, 0.2) is 11.5 Å². The number of aliphatic carboxylic acids is 1. The molecule has 2 aliphatic rings.